The van der Waals surface area contributed by atoms with Crippen molar-refractivity contribution in [3.63, 3.8) is 0 Å². The van der Waals surface area contributed by atoms with Gasteiger partial charge in [-0.3, -0.25) is 0 Å². The van der Waals surface area contributed by atoms with Gasteiger partial charge in [-0.2, -0.15) is 26.3 Å². The Morgan fingerprint density at radius 2 is 1.22 bits per heavy atom. The van der Waals surface area contributed by atoms with Gasteiger partial charge in [0.05, 0.1) is 0 Å². The van der Waals surface area contributed by atoms with Crippen LogP contribution in [-0.4, -0.2) is 23.1 Å². The van der Waals surface area contributed by atoms with Crippen LogP contribution in [0.1, 0.15) is 26.2 Å². The standard InChI is InChI=1S/C7H10.C4H4F6O/c1-2-7-4-3-6(1)5-7;1-2(11,3(5,6)7)4(8,9)10/h1-2,6-7H,3-5H2;11H,1H3. The molecular formula is C11H14F6O. The van der Waals surface area contributed by atoms with Crippen molar-refractivity contribution in [2.75, 3.05) is 0 Å². The van der Waals surface area contributed by atoms with Crippen LogP contribution in [0.5, 0.6) is 0 Å². The van der Waals surface area contributed by atoms with Gasteiger partial charge in [0.25, 0.3) is 5.60 Å². The maximum atomic E-state index is 11.4. The number of fused-ring (bicyclic) bond motifs is 2. The molecule has 0 aliphatic heterocycles. The summed E-state index contributed by atoms with van der Waals surface area (Å²) in [6.07, 6.45) is -2.19. The van der Waals surface area contributed by atoms with E-state index >= 15 is 0 Å². The van der Waals surface area contributed by atoms with E-state index < -0.39 is 18.0 Å². The van der Waals surface area contributed by atoms with Crippen LogP contribution in [0.2, 0.25) is 0 Å². The van der Waals surface area contributed by atoms with Crippen LogP contribution in [0.4, 0.5) is 26.3 Å². The SMILES string of the molecule is C1=CC2CCC1C2.CC(O)(C(F)(F)F)C(F)(F)F. The Balaban J connectivity index is 0.000000194. The van der Waals surface area contributed by atoms with Crippen molar-refractivity contribution >= 4 is 0 Å². The number of hydrogen-bond acceptors (Lipinski definition) is 1. The number of hydrogen-bond donors (Lipinski definition) is 1. The maximum absolute atomic E-state index is 11.4. The molecule has 0 amide bonds. The molecule has 0 aromatic carbocycles. The Morgan fingerprint density at radius 3 is 1.28 bits per heavy atom. The van der Waals surface area contributed by atoms with Crippen LogP contribution in [0.3, 0.4) is 0 Å². The minimum atomic E-state index is -5.69. The number of allylic oxidation sites excluding steroid dienone is 2. The highest BCUT2D eigenvalue weighted by Crippen LogP contribution is 2.42. The molecule has 2 aliphatic carbocycles. The molecular weight excluding hydrogens is 262 g/mol. The van der Waals surface area contributed by atoms with Crippen molar-refractivity contribution in [2.24, 2.45) is 11.8 Å². The van der Waals surface area contributed by atoms with Crippen molar-refractivity contribution < 1.29 is 31.4 Å². The summed E-state index contributed by atoms with van der Waals surface area (Å²) in [6, 6.07) is 0. The molecule has 1 saturated carbocycles. The molecule has 2 bridgehead atoms. The lowest BCUT2D eigenvalue weighted by Crippen LogP contribution is -2.54. The number of alkyl halides is 6. The molecule has 0 aromatic rings. The minimum Gasteiger partial charge on any atom is -0.374 e. The molecule has 0 radical (unpaired) electrons. The van der Waals surface area contributed by atoms with Crippen molar-refractivity contribution in [3.05, 3.63) is 12.2 Å². The summed E-state index contributed by atoms with van der Waals surface area (Å²) in [5.74, 6) is 1.98. The molecule has 2 unspecified atom stereocenters. The monoisotopic (exact) mass is 276 g/mol. The van der Waals surface area contributed by atoms with Gasteiger partial charge in [0.2, 0.25) is 0 Å². The lowest BCUT2D eigenvalue weighted by molar-refractivity contribution is -0.360. The molecule has 106 valence electrons. The van der Waals surface area contributed by atoms with Crippen LogP contribution in [0.25, 0.3) is 0 Å². The van der Waals surface area contributed by atoms with E-state index in [1.54, 1.807) is 0 Å². The third-order valence-corrected chi connectivity index (χ3v) is 3.27. The van der Waals surface area contributed by atoms with Crippen molar-refractivity contribution in [3.8, 4) is 0 Å². The zero-order chi connectivity index (χ0) is 14.2. The largest absolute Gasteiger partial charge is 0.425 e. The fraction of sp³-hybridized carbons (Fsp3) is 0.818. The van der Waals surface area contributed by atoms with E-state index in [1.807, 2.05) is 0 Å². The lowest BCUT2D eigenvalue weighted by Gasteiger charge is -2.28. The number of halogens is 6. The molecule has 0 saturated heterocycles. The fourth-order valence-electron chi connectivity index (χ4n) is 1.88. The van der Waals surface area contributed by atoms with Gasteiger partial charge in [-0.15, -0.1) is 0 Å². The summed E-state index contributed by atoms with van der Waals surface area (Å²) in [7, 11) is 0. The lowest BCUT2D eigenvalue weighted by atomic mass is 10.1. The smallest absolute Gasteiger partial charge is 0.374 e. The normalized spacial score (nSPS) is 27.1. The van der Waals surface area contributed by atoms with Gasteiger partial charge >= 0.3 is 12.4 Å². The summed E-state index contributed by atoms with van der Waals surface area (Å²) < 4.78 is 68.2. The second-order valence-electron chi connectivity index (χ2n) is 4.79. The molecule has 0 spiro atoms. The first-order chi connectivity index (χ1) is 7.95. The Hall–Kier alpha value is -0.720. The van der Waals surface area contributed by atoms with Crippen LogP contribution in [0.15, 0.2) is 12.2 Å². The van der Waals surface area contributed by atoms with Gasteiger partial charge in [0.15, 0.2) is 0 Å². The molecule has 2 atom stereocenters. The first-order valence-corrected chi connectivity index (χ1v) is 5.49. The maximum Gasteiger partial charge on any atom is 0.425 e. The highest BCUT2D eigenvalue weighted by molar-refractivity contribution is 5.06. The minimum absolute atomic E-state index is 0.340. The number of rotatable bonds is 0. The summed E-state index contributed by atoms with van der Waals surface area (Å²) >= 11 is 0. The second-order valence-corrected chi connectivity index (χ2v) is 4.79. The van der Waals surface area contributed by atoms with Gasteiger partial charge in [-0.25, -0.2) is 0 Å². The molecule has 0 heterocycles. The van der Waals surface area contributed by atoms with Gasteiger partial charge in [-0.05, 0) is 38.0 Å². The quantitative estimate of drug-likeness (QED) is 0.526. The third-order valence-electron chi connectivity index (χ3n) is 3.27. The summed E-state index contributed by atoms with van der Waals surface area (Å²) in [5.41, 5.74) is -4.62. The molecule has 7 heteroatoms. The van der Waals surface area contributed by atoms with Crippen LogP contribution in [-0.2, 0) is 0 Å². The highest BCUT2D eigenvalue weighted by Gasteiger charge is 2.67. The van der Waals surface area contributed by atoms with Crippen molar-refractivity contribution in [1.82, 2.24) is 0 Å². The third kappa shape index (κ3) is 3.18. The van der Waals surface area contributed by atoms with Crippen LogP contribution >= 0.6 is 0 Å². The fourth-order valence-corrected chi connectivity index (χ4v) is 1.88. The van der Waals surface area contributed by atoms with Gasteiger partial charge in [0, 0.05) is 0 Å². The van der Waals surface area contributed by atoms with Gasteiger partial charge in [-0.1, -0.05) is 12.2 Å². The van der Waals surface area contributed by atoms with Crippen molar-refractivity contribution in [2.45, 2.75) is 44.1 Å². The molecule has 1 fully saturated rings. The van der Waals surface area contributed by atoms with Gasteiger partial charge in [0.1, 0.15) is 0 Å². The van der Waals surface area contributed by atoms with E-state index in [1.165, 1.54) is 19.3 Å². The Bertz CT molecular complexity index is 286. The zero-order valence-electron chi connectivity index (χ0n) is 9.65. The van der Waals surface area contributed by atoms with Crippen LogP contribution in [0, 0.1) is 11.8 Å². The zero-order valence-corrected chi connectivity index (χ0v) is 9.65. The van der Waals surface area contributed by atoms with E-state index in [0.29, 0.717) is 0 Å². The van der Waals surface area contributed by atoms with E-state index in [-0.39, 0.29) is 6.92 Å². The summed E-state index contributed by atoms with van der Waals surface area (Å²) in [6.45, 7) is -0.340. The molecule has 1 nitrogen and oxygen atoms in total. The van der Waals surface area contributed by atoms with E-state index in [0.717, 1.165) is 11.8 Å². The van der Waals surface area contributed by atoms with Crippen molar-refractivity contribution in [1.29, 1.82) is 0 Å². The summed E-state index contributed by atoms with van der Waals surface area (Å²) in [5, 5.41) is 7.94. The summed E-state index contributed by atoms with van der Waals surface area (Å²) in [4.78, 5) is 0. The number of aliphatic hydroxyl groups is 1. The second kappa shape index (κ2) is 4.75. The average molecular weight is 276 g/mol. The van der Waals surface area contributed by atoms with Crippen LogP contribution < -0.4 is 0 Å². The predicted octanol–water partition coefficient (Wildman–Crippen LogP) is 3.83. The van der Waals surface area contributed by atoms with E-state index in [4.69, 9.17) is 5.11 Å². The predicted molar refractivity (Wildman–Crippen MR) is 52.7 cm³/mol. The molecule has 2 aliphatic rings. The Labute approximate surface area is 100 Å². The Kier molecular flexibility index (Phi) is 4.05. The Morgan fingerprint density at radius 1 is 0.889 bits per heavy atom. The molecule has 1 N–H and O–H groups in total. The average Bonchev–Trinajstić information content (AvgIpc) is 2.78. The molecule has 0 aromatic heterocycles. The van der Waals surface area contributed by atoms with Gasteiger partial charge < -0.3 is 5.11 Å². The van der Waals surface area contributed by atoms with E-state index in [2.05, 4.69) is 12.2 Å². The first kappa shape index (κ1) is 15.3. The topological polar surface area (TPSA) is 20.2 Å². The van der Waals surface area contributed by atoms with E-state index in [9.17, 15) is 26.3 Å². The molecule has 18 heavy (non-hydrogen) atoms. The molecule has 2 rings (SSSR count). The highest BCUT2D eigenvalue weighted by atomic mass is 19.4. The first-order valence-electron chi connectivity index (χ1n) is 5.49.